The lowest BCUT2D eigenvalue weighted by Gasteiger charge is -2.34. The van der Waals surface area contributed by atoms with Crippen LogP contribution in [0.15, 0.2) is 47.4 Å². The first-order chi connectivity index (χ1) is 24.9. The zero-order chi connectivity index (χ0) is 38.9. The molecule has 1 aliphatic rings. The Morgan fingerprint density at radius 2 is 1.79 bits per heavy atom. The zero-order valence-corrected chi connectivity index (χ0v) is 29.1. The minimum atomic E-state index is -4.96. The van der Waals surface area contributed by atoms with Crippen molar-refractivity contribution >= 4 is 11.9 Å². The van der Waals surface area contributed by atoms with Crippen LogP contribution in [0.2, 0.25) is 0 Å². The van der Waals surface area contributed by atoms with Crippen LogP contribution in [-0.2, 0) is 34.0 Å². The number of hydrogen-bond donors (Lipinski definition) is 2. The third kappa shape index (κ3) is 8.41. The number of likely N-dealkylation sites (tertiary alicyclic amines) is 1. The fourth-order valence-corrected chi connectivity index (χ4v) is 6.24. The molecule has 3 N–H and O–H groups in total. The number of nitrogens with two attached hydrogens (primary N) is 1. The van der Waals surface area contributed by atoms with Crippen LogP contribution in [0, 0.1) is 25.5 Å². The standard InChI is InChI=1S/C36H37F6N5O6/c1-5-52-30(49)14-28(43)25-11-21(10-18(2)32(25)39)31-19(3)45(4)44-34(31)53-23-6-7-27(38)24(12-23)33(35(50)51)47-15-20(8-9-46-16-22(37)17-46)26(13-29(47)48)36(40,41)42/h6-7,10-13,15,22,28,33H,5,8-9,14,16-17,43H2,1-4H3,(H,50,51)/t28-,33?/m0/s1. The number of pyridine rings is 1. The second-order valence-electron chi connectivity index (χ2n) is 12.8. The SMILES string of the molecule is CCOC(=O)C[C@H](N)c1cc(-c2c(Oc3ccc(F)c(C(C(=O)O)n4cc(CCN5CC(F)C5)c(C(F)(F)F)cc4=O)c3)nn(C)c2C)cc(C)c1F. The van der Waals surface area contributed by atoms with Crippen LogP contribution in [-0.4, -0.2) is 68.7 Å². The second-order valence-corrected chi connectivity index (χ2v) is 12.8. The number of aromatic nitrogens is 3. The van der Waals surface area contributed by atoms with Gasteiger partial charge in [-0.25, -0.2) is 18.0 Å². The minimum absolute atomic E-state index is 0.00929. The topological polar surface area (TPSA) is 142 Å². The van der Waals surface area contributed by atoms with Gasteiger partial charge in [-0.15, -0.1) is 5.10 Å². The van der Waals surface area contributed by atoms with Gasteiger partial charge in [0.15, 0.2) is 6.04 Å². The molecule has 0 saturated carbocycles. The van der Waals surface area contributed by atoms with E-state index in [0.29, 0.717) is 21.4 Å². The van der Waals surface area contributed by atoms with Crippen molar-refractivity contribution in [1.82, 2.24) is 19.2 Å². The Morgan fingerprint density at radius 3 is 2.42 bits per heavy atom. The number of hydrogen-bond acceptors (Lipinski definition) is 8. The molecule has 2 aromatic heterocycles. The zero-order valence-electron chi connectivity index (χ0n) is 29.1. The Balaban J connectivity index is 1.53. The van der Waals surface area contributed by atoms with Gasteiger partial charge in [0.1, 0.15) is 23.6 Å². The van der Waals surface area contributed by atoms with Crippen molar-refractivity contribution in [3.05, 3.63) is 98.1 Å². The van der Waals surface area contributed by atoms with Crippen molar-refractivity contribution in [3.8, 4) is 22.8 Å². The Kier molecular flexibility index (Phi) is 11.4. The first kappa shape index (κ1) is 39.1. The van der Waals surface area contributed by atoms with E-state index in [2.05, 4.69) is 5.10 Å². The van der Waals surface area contributed by atoms with E-state index < -0.39 is 70.3 Å². The number of ether oxygens (including phenoxy) is 2. The summed E-state index contributed by atoms with van der Waals surface area (Å²) in [4.78, 5) is 39.4. The van der Waals surface area contributed by atoms with Gasteiger partial charge in [-0.05, 0) is 74.2 Å². The summed E-state index contributed by atoms with van der Waals surface area (Å²) in [6.07, 6.45) is -5.92. The molecule has 0 aliphatic carbocycles. The summed E-state index contributed by atoms with van der Waals surface area (Å²) in [6.45, 7) is 5.00. The summed E-state index contributed by atoms with van der Waals surface area (Å²) in [7, 11) is 1.60. The molecular formula is C36H37F6N5O6. The number of halogens is 6. The fourth-order valence-electron chi connectivity index (χ4n) is 6.24. The molecule has 2 aromatic carbocycles. The molecule has 1 saturated heterocycles. The summed E-state index contributed by atoms with van der Waals surface area (Å²) >= 11 is 0. The highest BCUT2D eigenvalue weighted by atomic mass is 19.4. The van der Waals surface area contributed by atoms with E-state index in [1.54, 1.807) is 25.8 Å². The predicted octanol–water partition coefficient (Wildman–Crippen LogP) is 5.78. The van der Waals surface area contributed by atoms with Gasteiger partial charge in [-0.1, -0.05) is 0 Å². The van der Waals surface area contributed by atoms with Crippen LogP contribution >= 0.6 is 0 Å². The number of esters is 1. The number of rotatable bonds is 13. The lowest BCUT2D eigenvalue weighted by molar-refractivity contribution is -0.143. The third-order valence-electron chi connectivity index (χ3n) is 9.03. The molecular weight excluding hydrogens is 712 g/mol. The number of carboxylic acid groups (broad SMARTS) is 1. The first-order valence-electron chi connectivity index (χ1n) is 16.5. The van der Waals surface area contributed by atoms with E-state index >= 15 is 8.78 Å². The highest BCUT2D eigenvalue weighted by Crippen LogP contribution is 2.39. The number of aliphatic carboxylic acids is 1. The van der Waals surface area contributed by atoms with Crippen LogP contribution in [0.3, 0.4) is 0 Å². The molecule has 4 aromatic rings. The van der Waals surface area contributed by atoms with Crippen molar-refractivity contribution in [3.63, 3.8) is 0 Å². The molecule has 284 valence electrons. The lowest BCUT2D eigenvalue weighted by Crippen LogP contribution is -2.49. The molecule has 11 nitrogen and oxygen atoms in total. The van der Waals surface area contributed by atoms with Gasteiger partial charge in [-0.2, -0.15) is 13.2 Å². The molecule has 0 spiro atoms. The van der Waals surface area contributed by atoms with Crippen LogP contribution in [0.5, 0.6) is 11.6 Å². The summed E-state index contributed by atoms with van der Waals surface area (Å²) in [6, 6.07) is 3.05. The van der Waals surface area contributed by atoms with Crippen molar-refractivity contribution in [2.45, 2.75) is 58.0 Å². The quantitative estimate of drug-likeness (QED) is 0.129. The van der Waals surface area contributed by atoms with E-state index in [0.717, 1.165) is 24.4 Å². The number of carbonyl (C=O) groups is 2. The van der Waals surface area contributed by atoms with E-state index in [-0.39, 0.29) is 67.9 Å². The van der Waals surface area contributed by atoms with Gasteiger partial charge < -0.3 is 20.3 Å². The van der Waals surface area contributed by atoms with Crippen molar-refractivity contribution in [1.29, 1.82) is 0 Å². The second kappa shape index (κ2) is 15.4. The smallest absolute Gasteiger partial charge is 0.416 e. The van der Waals surface area contributed by atoms with Crippen LogP contribution in [0.1, 0.15) is 58.9 Å². The number of aryl methyl sites for hydroxylation is 2. The molecule has 17 heteroatoms. The minimum Gasteiger partial charge on any atom is -0.479 e. The highest BCUT2D eigenvalue weighted by Gasteiger charge is 2.37. The third-order valence-corrected chi connectivity index (χ3v) is 9.03. The Labute approximate surface area is 299 Å². The van der Waals surface area contributed by atoms with Gasteiger partial charge in [-0.3, -0.25) is 23.7 Å². The summed E-state index contributed by atoms with van der Waals surface area (Å²) < 4.78 is 98.8. The van der Waals surface area contributed by atoms with E-state index in [9.17, 15) is 37.1 Å². The molecule has 0 radical (unpaired) electrons. The van der Waals surface area contributed by atoms with Crippen LogP contribution in [0.25, 0.3) is 11.1 Å². The Morgan fingerprint density at radius 1 is 1.09 bits per heavy atom. The summed E-state index contributed by atoms with van der Waals surface area (Å²) in [5.74, 6) is -4.31. The van der Waals surface area contributed by atoms with Crippen molar-refractivity contribution in [2.24, 2.45) is 12.8 Å². The maximum atomic E-state index is 15.4. The number of carbonyl (C=O) groups excluding carboxylic acids is 1. The summed E-state index contributed by atoms with van der Waals surface area (Å²) in [5.41, 5.74) is 4.03. The first-order valence-corrected chi connectivity index (χ1v) is 16.5. The Hall–Kier alpha value is -5.16. The van der Waals surface area contributed by atoms with Gasteiger partial charge in [0.05, 0.1) is 24.2 Å². The normalized spacial score (nSPS) is 14.8. The maximum absolute atomic E-state index is 15.4. The van der Waals surface area contributed by atoms with Crippen LogP contribution in [0.4, 0.5) is 26.3 Å². The predicted molar refractivity (Wildman–Crippen MR) is 179 cm³/mol. The Bertz CT molecular complexity index is 2090. The van der Waals surface area contributed by atoms with E-state index in [4.69, 9.17) is 15.2 Å². The average molecular weight is 750 g/mol. The van der Waals surface area contributed by atoms with Crippen molar-refractivity contribution in [2.75, 3.05) is 26.2 Å². The van der Waals surface area contributed by atoms with E-state index in [1.165, 1.54) is 23.7 Å². The van der Waals surface area contributed by atoms with Gasteiger partial charge >= 0.3 is 18.1 Å². The molecule has 2 atom stereocenters. The number of nitrogens with zero attached hydrogens (tertiary/aromatic N) is 4. The monoisotopic (exact) mass is 749 g/mol. The van der Waals surface area contributed by atoms with E-state index in [1.807, 2.05) is 0 Å². The molecule has 53 heavy (non-hydrogen) atoms. The molecule has 3 heterocycles. The van der Waals surface area contributed by atoms with Gasteiger partial charge in [0.25, 0.3) is 5.56 Å². The molecule has 1 aliphatic heterocycles. The fraction of sp³-hybridized carbons (Fsp3) is 0.389. The number of alkyl halides is 4. The van der Waals surface area contributed by atoms with Crippen LogP contribution < -0.4 is 16.0 Å². The number of benzene rings is 2. The molecule has 0 amide bonds. The van der Waals surface area contributed by atoms with Crippen molar-refractivity contribution < 1.29 is 50.5 Å². The highest BCUT2D eigenvalue weighted by molar-refractivity contribution is 5.77. The largest absolute Gasteiger partial charge is 0.479 e. The molecule has 1 unspecified atom stereocenters. The maximum Gasteiger partial charge on any atom is 0.416 e. The molecule has 0 bridgehead atoms. The lowest BCUT2D eigenvalue weighted by atomic mass is 9.95. The van der Waals surface area contributed by atoms with Gasteiger partial charge in [0.2, 0.25) is 5.88 Å². The average Bonchev–Trinajstić information content (AvgIpc) is 3.33. The number of carboxylic acids is 1. The molecule has 1 fully saturated rings. The van der Waals surface area contributed by atoms with Gasteiger partial charge in [0, 0.05) is 61.8 Å². The summed E-state index contributed by atoms with van der Waals surface area (Å²) in [5, 5.41) is 14.6. The molecule has 5 rings (SSSR count).